The second kappa shape index (κ2) is 4.87. The van der Waals surface area contributed by atoms with Crippen molar-refractivity contribution >= 4 is 9.84 Å². The van der Waals surface area contributed by atoms with E-state index in [1.54, 1.807) is 20.8 Å². The zero-order valence-electron chi connectivity index (χ0n) is 12.7. The minimum absolute atomic E-state index is 0.0941. The van der Waals surface area contributed by atoms with Crippen LogP contribution in [-0.4, -0.2) is 27.9 Å². The number of hydrogen-bond acceptors (Lipinski definition) is 4. The summed E-state index contributed by atoms with van der Waals surface area (Å²) in [5, 5.41) is 3.82. The molecule has 5 nitrogen and oxygen atoms in total. The van der Waals surface area contributed by atoms with Gasteiger partial charge in [-0.15, -0.1) is 5.10 Å². The number of rotatable bonds is 2. The van der Waals surface area contributed by atoms with Crippen molar-refractivity contribution in [3.63, 3.8) is 0 Å². The molecule has 1 aromatic carbocycles. The maximum atomic E-state index is 14.2. The van der Waals surface area contributed by atoms with E-state index in [1.807, 2.05) is 30.3 Å². The summed E-state index contributed by atoms with van der Waals surface area (Å²) in [7, 11) is -3.69. The highest BCUT2D eigenvalue weighted by atomic mass is 32.2. The maximum absolute atomic E-state index is 14.2. The summed E-state index contributed by atoms with van der Waals surface area (Å²) in [5.41, 5.74) is 0.897. The molecule has 0 saturated carbocycles. The first kappa shape index (κ1) is 15.1. The van der Waals surface area contributed by atoms with E-state index >= 15 is 0 Å². The van der Waals surface area contributed by atoms with Crippen molar-refractivity contribution < 1.29 is 12.8 Å². The van der Waals surface area contributed by atoms with Crippen LogP contribution in [-0.2, 0) is 9.84 Å². The van der Waals surface area contributed by atoms with Crippen molar-refractivity contribution in [3.8, 4) is 0 Å². The largest absolute Gasteiger partial charge is 0.267 e. The molecule has 3 rings (SSSR count). The Balaban J connectivity index is 2.08. The van der Waals surface area contributed by atoms with E-state index < -0.39 is 20.8 Å². The minimum Gasteiger partial charge on any atom is -0.239 e. The van der Waals surface area contributed by atoms with Crippen LogP contribution >= 0.6 is 0 Å². The Morgan fingerprint density at radius 3 is 2.45 bits per heavy atom. The Morgan fingerprint density at radius 2 is 1.86 bits per heavy atom. The molecule has 0 aliphatic carbocycles. The molecule has 1 aliphatic heterocycles. The van der Waals surface area contributed by atoms with Gasteiger partial charge in [0.2, 0.25) is 9.84 Å². The van der Waals surface area contributed by atoms with Crippen molar-refractivity contribution in [2.24, 2.45) is 0 Å². The Labute approximate surface area is 129 Å². The fraction of sp³-hybridized carbons (Fsp3) is 0.467. The molecule has 0 amide bonds. The third-order valence-corrected chi connectivity index (χ3v) is 6.14. The zero-order valence-corrected chi connectivity index (χ0v) is 13.5. The number of hydrogen-bond donors (Lipinski definition) is 0. The van der Waals surface area contributed by atoms with Crippen LogP contribution in [0.1, 0.15) is 50.8 Å². The lowest BCUT2D eigenvalue weighted by molar-refractivity contribution is 0.326. The topological polar surface area (TPSA) is 64.8 Å². The Bertz CT molecular complexity index is 794. The van der Waals surface area contributed by atoms with Gasteiger partial charge in [-0.3, -0.25) is 0 Å². The summed E-state index contributed by atoms with van der Waals surface area (Å²) in [5.74, 6) is 0.0941. The van der Waals surface area contributed by atoms with E-state index in [0.717, 1.165) is 5.56 Å². The highest BCUT2D eigenvalue weighted by Crippen LogP contribution is 2.40. The molecular formula is C15H18FN3O2S. The normalized spacial score (nSPS) is 21.8. The molecule has 1 aliphatic rings. The molecular weight excluding hydrogens is 305 g/mol. The number of benzene rings is 1. The van der Waals surface area contributed by atoms with Gasteiger partial charge >= 0.3 is 0 Å². The third kappa shape index (κ3) is 2.24. The quantitative estimate of drug-likeness (QED) is 0.852. The van der Waals surface area contributed by atoms with Crippen LogP contribution in [0.5, 0.6) is 0 Å². The van der Waals surface area contributed by atoms with Gasteiger partial charge in [-0.2, -0.15) is 4.98 Å². The lowest BCUT2D eigenvalue weighted by atomic mass is 10.0. The Kier molecular flexibility index (Phi) is 3.36. The minimum atomic E-state index is -3.69. The van der Waals surface area contributed by atoms with Crippen molar-refractivity contribution in [2.75, 3.05) is 0 Å². The summed E-state index contributed by atoms with van der Waals surface area (Å²) < 4.78 is 39.5. The number of halogens is 1. The van der Waals surface area contributed by atoms with Gasteiger partial charge in [0, 0.05) is 6.42 Å². The van der Waals surface area contributed by atoms with E-state index in [2.05, 4.69) is 10.1 Å². The van der Waals surface area contributed by atoms with E-state index in [-0.39, 0.29) is 23.4 Å². The van der Waals surface area contributed by atoms with Crippen molar-refractivity contribution in [3.05, 3.63) is 41.7 Å². The summed E-state index contributed by atoms with van der Waals surface area (Å²) in [6.45, 7) is 4.74. The van der Waals surface area contributed by atoms with Gasteiger partial charge in [-0.25, -0.2) is 17.5 Å². The molecule has 2 heterocycles. The highest BCUT2D eigenvalue weighted by Gasteiger charge is 2.40. The van der Waals surface area contributed by atoms with Crippen LogP contribution in [0.25, 0.3) is 0 Å². The van der Waals surface area contributed by atoms with Crippen LogP contribution < -0.4 is 0 Å². The van der Waals surface area contributed by atoms with Gasteiger partial charge in [-0.1, -0.05) is 30.3 Å². The number of alkyl halides is 1. The van der Waals surface area contributed by atoms with Crippen molar-refractivity contribution in [2.45, 2.75) is 49.3 Å². The second-order valence-electron chi connectivity index (χ2n) is 6.44. The standard InChI is InChI=1S/C15H18FN3O2S/c1-15(2,3)22(20,21)14-17-13-11(16)9-12(19(13)18-14)10-7-5-4-6-8-10/h4-8,11-12H,9H2,1-3H3. The lowest BCUT2D eigenvalue weighted by Gasteiger charge is -2.16. The molecule has 7 heteroatoms. The molecule has 0 bridgehead atoms. The first-order valence-electron chi connectivity index (χ1n) is 7.12. The molecule has 0 N–H and O–H groups in total. The van der Waals surface area contributed by atoms with Crippen molar-refractivity contribution in [1.29, 1.82) is 0 Å². The molecule has 118 valence electrons. The van der Waals surface area contributed by atoms with E-state index in [4.69, 9.17) is 0 Å². The fourth-order valence-electron chi connectivity index (χ4n) is 2.50. The zero-order chi connectivity index (χ0) is 16.1. The summed E-state index contributed by atoms with van der Waals surface area (Å²) in [4.78, 5) is 3.97. The molecule has 22 heavy (non-hydrogen) atoms. The van der Waals surface area contributed by atoms with Gasteiger partial charge in [0.15, 0.2) is 12.0 Å². The molecule has 0 spiro atoms. The number of aromatic nitrogens is 3. The molecule has 2 atom stereocenters. The van der Waals surface area contributed by atoms with Crippen LogP contribution in [0, 0.1) is 0 Å². The molecule has 0 fully saturated rings. The monoisotopic (exact) mass is 323 g/mol. The molecule has 0 radical (unpaired) electrons. The van der Waals surface area contributed by atoms with Crippen LogP contribution in [0.15, 0.2) is 35.5 Å². The summed E-state index contributed by atoms with van der Waals surface area (Å²) in [6.07, 6.45) is -1.07. The number of sulfone groups is 1. The second-order valence-corrected chi connectivity index (χ2v) is 9.04. The van der Waals surface area contributed by atoms with E-state index in [9.17, 15) is 12.8 Å². The SMILES string of the molecule is CC(C)(C)S(=O)(=O)c1nc2n(n1)C(c1ccccc1)CC2F. The molecule has 2 aromatic rings. The smallest absolute Gasteiger partial charge is 0.239 e. The van der Waals surface area contributed by atoms with Crippen LogP contribution in [0.3, 0.4) is 0 Å². The van der Waals surface area contributed by atoms with Gasteiger partial charge in [0.1, 0.15) is 0 Å². The lowest BCUT2D eigenvalue weighted by Crippen LogP contribution is -2.29. The molecule has 2 unspecified atom stereocenters. The molecule has 1 aromatic heterocycles. The highest BCUT2D eigenvalue weighted by molar-refractivity contribution is 7.92. The molecule has 0 saturated heterocycles. The van der Waals surface area contributed by atoms with Crippen LogP contribution in [0.2, 0.25) is 0 Å². The Morgan fingerprint density at radius 1 is 1.23 bits per heavy atom. The van der Waals surface area contributed by atoms with Crippen molar-refractivity contribution in [1.82, 2.24) is 14.8 Å². The third-order valence-electron chi connectivity index (χ3n) is 3.87. The Hall–Kier alpha value is -1.76. The summed E-state index contributed by atoms with van der Waals surface area (Å²) >= 11 is 0. The fourth-order valence-corrected chi connectivity index (χ4v) is 3.46. The van der Waals surface area contributed by atoms with Crippen LogP contribution in [0.4, 0.5) is 4.39 Å². The van der Waals surface area contributed by atoms with E-state index in [0.29, 0.717) is 0 Å². The van der Waals surface area contributed by atoms with Gasteiger partial charge < -0.3 is 0 Å². The number of nitrogens with zero attached hydrogens (tertiary/aromatic N) is 3. The van der Waals surface area contributed by atoms with E-state index in [1.165, 1.54) is 4.68 Å². The number of fused-ring (bicyclic) bond motifs is 1. The first-order valence-corrected chi connectivity index (χ1v) is 8.60. The average Bonchev–Trinajstić information content (AvgIpc) is 3.00. The average molecular weight is 323 g/mol. The van der Waals surface area contributed by atoms with Gasteiger partial charge in [0.05, 0.1) is 10.8 Å². The van der Waals surface area contributed by atoms with Gasteiger partial charge in [0.25, 0.3) is 5.16 Å². The predicted molar refractivity (Wildman–Crippen MR) is 80.0 cm³/mol. The summed E-state index contributed by atoms with van der Waals surface area (Å²) in [6, 6.07) is 9.05. The maximum Gasteiger partial charge on any atom is 0.267 e. The first-order chi connectivity index (χ1) is 10.2. The van der Waals surface area contributed by atoms with Gasteiger partial charge in [-0.05, 0) is 26.3 Å². The predicted octanol–water partition coefficient (Wildman–Crippen LogP) is 2.85.